The Bertz CT molecular complexity index is 1580. The molecule has 1 aliphatic carbocycles. The summed E-state index contributed by atoms with van der Waals surface area (Å²) in [4.78, 5) is 37.8. The Morgan fingerprint density at radius 1 is 1.16 bits per heavy atom. The lowest BCUT2D eigenvalue weighted by Gasteiger charge is -2.24. The highest BCUT2D eigenvalue weighted by molar-refractivity contribution is 7.90. The molecule has 4 heterocycles. The van der Waals surface area contributed by atoms with Crippen molar-refractivity contribution < 1.29 is 22.4 Å². The number of hydrogen-bond donors (Lipinski definition) is 1. The fourth-order valence-electron chi connectivity index (χ4n) is 5.39. The van der Waals surface area contributed by atoms with Gasteiger partial charge < -0.3 is 9.32 Å². The fraction of sp³-hybridized carbons (Fsp3) is 0.407. The summed E-state index contributed by atoms with van der Waals surface area (Å²) in [6.07, 6.45) is 4.62. The summed E-state index contributed by atoms with van der Waals surface area (Å²) >= 11 is 0. The van der Waals surface area contributed by atoms with Crippen molar-refractivity contribution >= 4 is 39.3 Å². The fourth-order valence-corrected chi connectivity index (χ4v) is 6.32. The molecule has 6 rings (SSSR count). The SMILES string of the molecule is Cc1nc(Nc2cccc(N3CCCC3=O)n2)oc1-c1cc2c(c(S(C)(=O)=O)c1)C(=O)N(C(C)C1CC1)C2. The number of pyridine rings is 1. The lowest BCUT2D eigenvalue weighted by atomic mass is 10.0. The molecule has 1 atom stereocenters. The van der Waals surface area contributed by atoms with Crippen molar-refractivity contribution in [2.75, 3.05) is 23.0 Å². The smallest absolute Gasteiger partial charge is 0.301 e. The van der Waals surface area contributed by atoms with Gasteiger partial charge >= 0.3 is 6.01 Å². The van der Waals surface area contributed by atoms with Gasteiger partial charge in [-0.15, -0.1) is 0 Å². The highest BCUT2D eigenvalue weighted by atomic mass is 32.2. The van der Waals surface area contributed by atoms with E-state index in [0.29, 0.717) is 59.6 Å². The standard InChI is InChI=1S/C27H29N5O5S/c1-15-25(37-27(28-15)30-21-6-4-7-22(29-21)31-11-5-8-23(31)33)18-12-19-14-32(16(2)17-9-10-17)26(34)24(19)20(13-18)38(3,35)36/h4,6-7,12-13,16-17H,5,8-11,14H2,1-3H3,(H,28,29,30). The molecule has 0 bridgehead atoms. The van der Waals surface area contributed by atoms with Gasteiger partial charge in [0.25, 0.3) is 5.91 Å². The highest BCUT2D eigenvalue weighted by Gasteiger charge is 2.41. The van der Waals surface area contributed by atoms with E-state index < -0.39 is 9.84 Å². The van der Waals surface area contributed by atoms with E-state index in [-0.39, 0.29) is 34.3 Å². The third-order valence-electron chi connectivity index (χ3n) is 7.57. The average molecular weight is 536 g/mol. The van der Waals surface area contributed by atoms with Crippen molar-refractivity contribution in [1.29, 1.82) is 0 Å². The monoisotopic (exact) mass is 535 g/mol. The molecule has 38 heavy (non-hydrogen) atoms. The highest BCUT2D eigenvalue weighted by Crippen LogP contribution is 2.41. The molecule has 0 radical (unpaired) electrons. The first-order valence-corrected chi connectivity index (χ1v) is 14.7. The summed E-state index contributed by atoms with van der Waals surface area (Å²) in [5.74, 6) is 1.72. The van der Waals surface area contributed by atoms with Gasteiger partial charge in [-0.2, -0.15) is 4.98 Å². The zero-order valence-electron chi connectivity index (χ0n) is 21.5. The van der Waals surface area contributed by atoms with Crippen LogP contribution in [0.4, 0.5) is 17.7 Å². The van der Waals surface area contributed by atoms with Gasteiger partial charge in [0.2, 0.25) is 5.91 Å². The minimum Gasteiger partial charge on any atom is -0.423 e. The third kappa shape index (κ3) is 4.34. The molecule has 10 nitrogen and oxygen atoms in total. The van der Waals surface area contributed by atoms with Gasteiger partial charge in [-0.3, -0.25) is 19.8 Å². The largest absolute Gasteiger partial charge is 0.423 e. The molecule has 2 aliphatic heterocycles. The predicted molar refractivity (Wildman–Crippen MR) is 141 cm³/mol. The number of oxazole rings is 1. The van der Waals surface area contributed by atoms with Crippen molar-refractivity contribution in [3.8, 4) is 11.3 Å². The number of aromatic nitrogens is 2. The van der Waals surface area contributed by atoms with Crippen LogP contribution in [0.2, 0.25) is 0 Å². The molecule has 11 heteroatoms. The molecular formula is C27H29N5O5S. The van der Waals surface area contributed by atoms with Gasteiger partial charge in [-0.05, 0) is 68.9 Å². The number of sulfone groups is 1. The van der Waals surface area contributed by atoms with E-state index in [1.807, 2.05) is 13.0 Å². The van der Waals surface area contributed by atoms with Crippen molar-refractivity contribution in [3.05, 3.63) is 47.2 Å². The zero-order chi connectivity index (χ0) is 26.8. The van der Waals surface area contributed by atoms with E-state index in [2.05, 4.69) is 15.3 Å². The molecular weight excluding hydrogens is 506 g/mol. The zero-order valence-corrected chi connectivity index (χ0v) is 22.3. The Kier molecular flexibility index (Phi) is 5.78. The van der Waals surface area contributed by atoms with Crippen LogP contribution in [0, 0.1) is 12.8 Å². The Morgan fingerprint density at radius 3 is 2.63 bits per heavy atom. The van der Waals surface area contributed by atoms with Gasteiger partial charge in [0.05, 0.1) is 16.2 Å². The summed E-state index contributed by atoms with van der Waals surface area (Å²) in [6, 6.07) is 8.93. The molecule has 1 N–H and O–H groups in total. The Morgan fingerprint density at radius 2 is 1.95 bits per heavy atom. The minimum absolute atomic E-state index is 0.00968. The number of anilines is 3. The van der Waals surface area contributed by atoms with Gasteiger partial charge in [-0.1, -0.05) is 6.07 Å². The topological polar surface area (TPSA) is 126 Å². The predicted octanol–water partition coefficient (Wildman–Crippen LogP) is 4.07. The normalized spacial score (nSPS) is 18.3. The lowest BCUT2D eigenvalue weighted by molar-refractivity contribution is -0.117. The van der Waals surface area contributed by atoms with Crippen LogP contribution < -0.4 is 10.2 Å². The number of benzene rings is 1. The van der Waals surface area contributed by atoms with E-state index in [9.17, 15) is 18.0 Å². The molecule has 2 fully saturated rings. The van der Waals surface area contributed by atoms with E-state index in [1.165, 1.54) is 6.07 Å². The molecule has 1 aromatic carbocycles. The number of amides is 2. The summed E-state index contributed by atoms with van der Waals surface area (Å²) in [5, 5.41) is 3.05. The second-order valence-electron chi connectivity index (χ2n) is 10.4. The van der Waals surface area contributed by atoms with Gasteiger partial charge in [-0.25, -0.2) is 13.4 Å². The number of nitrogens with zero attached hydrogens (tertiary/aromatic N) is 4. The Balaban J connectivity index is 1.33. The van der Waals surface area contributed by atoms with Crippen molar-refractivity contribution in [2.24, 2.45) is 5.92 Å². The van der Waals surface area contributed by atoms with Crippen LogP contribution in [0.1, 0.15) is 54.2 Å². The van der Waals surface area contributed by atoms with Crippen LogP contribution in [-0.4, -0.2) is 53.9 Å². The molecule has 0 spiro atoms. The quantitative estimate of drug-likeness (QED) is 0.480. The number of nitrogens with one attached hydrogen (secondary N) is 1. The lowest BCUT2D eigenvalue weighted by Crippen LogP contribution is -2.35. The first-order valence-electron chi connectivity index (χ1n) is 12.8. The van der Waals surface area contributed by atoms with Gasteiger partial charge in [0, 0.05) is 37.4 Å². The first-order chi connectivity index (χ1) is 18.1. The van der Waals surface area contributed by atoms with E-state index in [4.69, 9.17) is 4.42 Å². The maximum Gasteiger partial charge on any atom is 0.301 e. The van der Waals surface area contributed by atoms with Gasteiger partial charge in [0.1, 0.15) is 11.6 Å². The maximum atomic E-state index is 13.3. The third-order valence-corrected chi connectivity index (χ3v) is 8.69. The van der Waals surface area contributed by atoms with Crippen molar-refractivity contribution in [2.45, 2.75) is 57.0 Å². The van der Waals surface area contributed by atoms with Crippen molar-refractivity contribution in [1.82, 2.24) is 14.9 Å². The molecule has 2 aromatic heterocycles. The number of rotatable bonds is 7. The molecule has 1 saturated heterocycles. The van der Waals surface area contributed by atoms with E-state index in [1.54, 1.807) is 34.9 Å². The molecule has 1 unspecified atom stereocenters. The second-order valence-corrected chi connectivity index (χ2v) is 12.4. The molecule has 3 aliphatic rings. The van der Waals surface area contributed by atoms with Crippen molar-refractivity contribution in [3.63, 3.8) is 0 Å². The number of fused-ring (bicyclic) bond motifs is 1. The van der Waals surface area contributed by atoms with E-state index in [0.717, 1.165) is 25.5 Å². The minimum atomic E-state index is -3.68. The summed E-state index contributed by atoms with van der Waals surface area (Å²) in [5.41, 5.74) is 2.04. The summed E-state index contributed by atoms with van der Waals surface area (Å²) < 4.78 is 31.6. The van der Waals surface area contributed by atoms with Crippen LogP contribution in [0.3, 0.4) is 0 Å². The number of carbonyl (C=O) groups excluding carboxylic acids is 2. The Hall–Kier alpha value is -3.73. The molecule has 3 aromatic rings. The van der Waals surface area contributed by atoms with E-state index >= 15 is 0 Å². The number of hydrogen-bond acceptors (Lipinski definition) is 8. The van der Waals surface area contributed by atoms with Crippen LogP contribution in [0.15, 0.2) is 39.6 Å². The summed E-state index contributed by atoms with van der Waals surface area (Å²) in [6.45, 7) is 4.81. The maximum absolute atomic E-state index is 13.3. The van der Waals surface area contributed by atoms with Crippen LogP contribution >= 0.6 is 0 Å². The molecule has 198 valence electrons. The molecule has 1 saturated carbocycles. The van der Waals surface area contributed by atoms with Crippen LogP contribution in [0.5, 0.6) is 0 Å². The number of aryl methyl sites for hydroxylation is 1. The average Bonchev–Trinajstić information content (AvgIpc) is 3.41. The number of carbonyl (C=O) groups is 2. The molecule has 2 amide bonds. The van der Waals surface area contributed by atoms with Crippen LogP contribution in [0.25, 0.3) is 11.3 Å². The Labute approximate surface area is 221 Å². The van der Waals surface area contributed by atoms with Gasteiger partial charge in [0.15, 0.2) is 15.6 Å². The van der Waals surface area contributed by atoms with Crippen LogP contribution in [-0.2, 0) is 21.2 Å². The second kappa shape index (κ2) is 8.93. The summed E-state index contributed by atoms with van der Waals surface area (Å²) in [7, 11) is -3.68. The first kappa shape index (κ1) is 24.6.